The molecular formula is C22H23N7O. The highest BCUT2D eigenvalue weighted by molar-refractivity contribution is 5.63. The van der Waals surface area contributed by atoms with E-state index in [4.69, 9.17) is 4.74 Å². The summed E-state index contributed by atoms with van der Waals surface area (Å²) in [7, 11) is 1.54. The van der Waals surface area contributed by atoms with Gasteiger partial charge in [0.2, 0.25) is 0 Å². The Hall–Kier alpha value is -3.73. The molecule has 0 aliphatic carbocycles. The van der Waals surface area contributed by atoms with Gasteiger partial charge in [-0.15, -0.1) is 0 Å². The van der Waals surface area contributed by atoms with Crippen LogP contribution < -0.4 is 15.0 Å². The molecule has 3 heterocycles. The Morgan fingerprint density at radius 3 is 2.73 bits per heavy atom. The van der Waals surface area contributed by atoms with Gasteiger partial charge in [0.15, 0.2) is 0 Å². The molecule has 1 aliphatic heterocycles. The molecule has 2 aromatic heterocycles. The maximum absolute atomic E-state index is 9.57. The van der Waals surface area contributed by atoms with Gasteiger partial charge in [-0.05, 0) is 31.5 Å². The van der Waals surface area contributed by atoms with Gasteiger partial charge >= 0.3 is 6.01 Å². The van der Waals surface area contributed by atoms with Crippen molar-refractivity contribution in [3.63, 3.8) is 0 Å². The SMILES string of the molecule is COc1ncc([C@H](C)Nc2ncnc3c2CN(c2ccc(C)cc2C#N)CC3)cn1. The van der Waals surface area contributed by atoms with E-state index in [9.17, 15) is 5.26 Å². The minimum atomic E-state index is -0.0423. The molecule has 0 fully saturated rings. The number of methoxy groups -OCH3 is 1. The van der Waals surface area contributed by atoms with Crippen molar-refractivity contribution in [3.8, 4) is 12.1 Å². The van der Waals surface area contributed by atoms with Crippen LogP contribution in [0.2, 0.25) is 0 Å². The largest absolute Gasteiger partial charge is 0.467 e. The summed E-state index contributed by atoms with van der Waals surface area (Å²) in [4.78, 5) is 19.6. The fraction of sp³-hybridized carbons (Fsp3) is 0.318. The van der Waals surface area contributed by atoms with Crippen molar-refractivity contribution >= 4 is 11.5 Å². The molecule has 0 saturated carbocycles. The topological polar surface area (TPSA) is 99.9 Å². The molecule has 0 radical (unpaired) electrons. The molecule has 0 unspecified atom stereocenters. The van der Waals surface area contributed by atoms with Crippen LogP contribution in [0.4, 0.5) is 11.5 Å². The van der Waals surface area contributed by atoms with E-state index in [-0.39, 0.29) is 6.04 Å². The third-order valence-corrected chi connectivity index (χ3v) is 5.30. The number of aryl methyl sites for hydroxylation is 1. The number of hydrogen-bond donors (Lipinski definition) is 1. The summed E-state index contributed by atoms with van der Waals surface area (Å²) >= 11 is 0. The van der Waals surface area contributed by atoms with E-state index in [0.29, 0.717) is 18.1 Å². The number of rotatable bonds is 5. The highest BCUT2D eigenvalue weighted by atomic mass is 16.5. The van der Waals surface area contributed by atoms with Gasteiger partial charge in [0.1, 0.15) is 18.2 Å². The van der Waals surface area contributed by atoms with Gasteiger partial charge in [0, 0.05) is 43.0 Å². The van der Waals surface area contributed by atoms with Crippen LogP contribution in [0.1, 0.15) is 40.9 Å². The number of ether oxygens (including phenoxy) is 1. The second kappa shape index (κ2) is 8.33. The minimum Gasteiger partial charge on any atom is -0.467 e. The van der Waals surface area contributed by atoms with Gasteiger partial charge in [-0.3, -0.25) is 0 Å². The van der Waals surface area contributed by atoms with Gasteiger partial charge in [0.05, 0.1) is 30.1 Å². The third kappa shape index (κ3) is 3.87. The summed E-state index contributed by atoms with van der Waals surface area (Å²) in [6.45, 7) is 5.48. The standard InChI is InChI=1S/C22H23N7O/c1-14-4-5-20(16(8-14)9-23)29-7-6-19-18(12-29)21(27-13-26-19)28-15(2)17-10-24-22(30-3)25-11-17/h4-5,8,10-11,13,15H,6-7,12H2,1-3H3,(H,26,27,28)/t15-/m0/s1. The number of hydrogen-bond acceptors (Lipinski definition) is 8. The molecule has 8 nitrogen and oxygen atoms in total. The Labute approximate surface area is 175 Å². The zero-order chi connectivity index (χ0) is 21.1. The fourth-order valence-electron chi connectivity index (χ4n) is 3.63. The third-order valence-electron chi connectivity index (χ3n) is 5.30. The number of nitrogens with one attached hydrogen (secondary N) is 1. The first-order chi connectivity index (χ1) is 14.6. The lowest BCUT2D eigenvalue weighted by atomic mass is 10.0. The molecule has 4 rings (SSSR count). The number of benzene rings is 1. The molecule has 1 aromatic carbocycles. The van der Waals surface area contributed by atoms with Crippen LogP contribution in [0.25, 0.3) is 0 Å². The van der Waals surface area contributed by atoms with Crippen molar-refractivity contribution < 1.29 is 4.74 Å². The van der Waals surface area contributed by atoms with Gasteiger partial charge in [-0.1, -0.05) is 6.07 Å². The van der Waals surface area contributed by atoms with E-state index in [2.05, 4.69) is 36.2 Å². The normalized spacial score (nSPS) is 13.9. The lowest BCUT2D eigenvalue weighted by Gasteiger charge is -2.32. The lowest BCUT2D eigenvalue weighted by Crippen LogP contribution is -2.32. The highest BCUT2D eigenvalue weighted by Crippen LogP contribution is 2.31. The van der Waals surface area contributed by atoms with E-state index >= 15 is 0 Å². The molecular weight excluding hydrogens is 378 g/mol. The molecule has 30 heavy (non-hydrogen) atoms. The first-order valence-corrected chi connectivity index (χ1v) is 9.80. The molecule has 0 bridgehead atoms. The molecule has 0 spiro atoms. The van der Waals surface area contributed by atoms with Gasteiger partial charge < -0.3 is 15.0 Å². The van der Waals surface area contributed by atoms with E-state index in [1.165, 1.54) is 0 Å². The predicted octanol–water partition coefficient (Wildman–Crippen LogP) is 3.19. The number of nitrogens with zero attached hydrogens (tertiary/aromatic N) is 6. The summed E-state index contributed by atoms with van der Waals surface area (Å²) in [5.41, 5.74) is 5.73. The zero-order valence-electron chi connectivity index (χ0n) is 17.3. The summed E-state index contributed by atoms with van der Waals surface area (Å²) in [5.74, 6) is 0.790. The van der Waals surface area contributed by atoms with Gasteiger partial charge in [-0.25, -0.2) is 19.9 Å². The summed E-state index contributed by atoms with van der Waals surface area (Å²) in [6, 6.07) is 8.61. The fourth-order valence-corrected chi connectivity index (χ4v) is 3.63. The number of aromatic nitrogens is 4. The van der Waals surface area contributed by atoms with Crippen LogP contribution in [0.5, 0.6) is 6.01 Å². The van der Waals surface area contributed by atoms with Crippen LogP contribution in [0, 0.1) is 18.3 Å². The number of fused-ring (bicyclic) bond motifs is 1. The van der Waals surface area contributed by atoms with Crippen LogP contribution in [-0.2, 0) is 13.0 Å². The maximum Gasteiger partial charge on any atom is 0.316 e. The molecule has 0 saturated heterocycles. The first-order valence-electron chi connectivity index (χ1n) is 9.80. The molecule has 8 heteroatoms. The average Bonchev–Trinajstić information content (AvgIpc) is 2.79. The molecule has 1 atom stereocenters. The molecule has 3 aromatic rings. The minimum absolute atomic E-state index is 0.0423. The van der Waals surface area contributed by atoms with Crippen molar-refractivity contribution in [1.82, 2.24) is 19.9 Å². The summed E-state index contributed by atoms with van der Waals surface area (Å²) in [5, 5.41) is 13.0. The molecule has 152 valence electrons. The van der Waals surface area contributed by atoms with E-state index in [1.807, 2.05) is 32.0 Å². The lowest BCUT2D eigenvalue weighted by molar-refractivity contribution is 0.379. The van der Waals surface area contributed by atoms with E-state index < -0.39 is 0 Å². The van der Waals surface area contributed by atoms with Crippen LogP contribution >= 0.6 is 0 Å². The Kier molecular flexibility index (Phi) is 5.44. The summed E-state index contributed by atoms with van der Waals surface area (Å²) in [6.07, 6.45) is 5.88. The highest BCUT2D eigenvalue weighted by Gasteiger charge is 2.24. The Morgan fingerprint density at radius 1 is 1.20 bits per heavy atom. The smallest absolute Gasteiger partial charge is 0.316 e. The maximum atomic E-state index is 9.57. The molecule has 0 amide bonds. The van der Waals surface area contributed by atoms with Crippen LogP contribution in [-0.4, -0.2) is 33.6 Å². The van der Waals surface area contributed by atoms with E-state index in [0.717, 1.165) is 46.9 Å². The Balaban J connectivity index is 1.59. The van der Waals surface area contributed by atoms with Crippen molar-refractivity contribution in [3.05, 3.63) is 64.9 Å². The number of nitriles is 1. The predicted molar refractivity (Wildman–Crippen MR) is 113 cm³/mol. The second-order valence-electron chi connectivity index (χ2n) is 7.32. The van der Waals surface area contributed by atoms with Crippen molar-refractivity contribution in [2.75, 3.05) is 23.9 Å². The van der Waals surface area contributed by atoms with E-state index in [1.54, 1.807) is 25.8 Å². The Morgan fingerprint density at radius 2 is 2.00 bits per heavy atom. The Bertz CT molecular complexity index is 1090. The van der Waals surface area contributed by atoms with Crippen LogP contribution in [0.3, 0.4) is 0 Å². The first kappa shape index (κ1) is 19.6. The summed E-state index contributed by atoms with van der Waals surface area (Å²) < 4.78 is 5.03. The second-order valence-corrected chi connectivity index (χ2v) is 7.32. The molecule has 1 aliphatic rings. The van der Waals surface area contributed by atoms with Gasteiger partial charge in [0.25, 0.3) is 0 Å². The monoisotopic (exact) mass is 401 g/mol. The average molecular weight is 401 g/mol. The number of anilines is 2. The quantitative estimate of drug-likeness (QED) is 0.696. The van der Waals surface area contributed by atoms with Crippen LogP contribution in [0.15, 0.2) is 36.9 Å². The van der Waals surface area contributed by atoms with Crippen molar-refractivity contribution in [1.29, 1.82) is 5.26 Å². The van der Waals surface area contributed by atoms with Crippen molar-refractivity contribution in [2.45, 2.75) is 32.9 Å². The zero-order valence-corrected chi connectivity index (χ0v) is 17.3. The van der Waals surface area contributed by atoms with Crippen molar-refractivity contribution in [2.24, 2.45) is 0 Å². The van der Waals surface area contributed by atoms with Gasteiger partial charge in [-0.2, -0.15) is 5.26 Å². The molecule has 1 N–H and O–H groups in total.